The van der Waals surface area contributed by atoms with Gasteiger partial charge in [0.1, 0.15) is 0 Å². The van der Waals surface area contributed by atoms with Crippen molar-refractivity contribution in [2.24, 2.45) is 0 Å². The van der Waals surface area contributed by atoms with E-state index in [4.69, 9.17) is 0 Å². The van der Waals surface area contributed by atoms with Crippen molar-refractivity contribution in [2.45, 2.75) is 18.5 Å². The molecule has 1 radical (unpaired) electrons. The molecule has 18 heavy (non-hydrogen) atoms. The predicted molar refractivity (Wildman–Crippen MR) is 78.5 cm³/mol. The van der Waals surface area contributed by atoms with Gasteiger partial charge in [-0.2, -0.15) is 0 Å². The van der Waals surface area contributed by atoms with Gasteiger partial charge in [0, 0.05) is 13.1 Å². The molecule has 1 aliphatic heterocycles. The van der Waals surface area contributed by atoms with Crippen molar-refractivity contribution >= 4 is 12.8 Å². The van der Waals surface area contributed by atoms with Crippen LogP contribution in [0, 0.1) is 0 Å². The zero-order valence-corrected chi connectivity index (χ0v) is 11.3. The molecule has 2 atom stereocenters. The third-order valence-corrected chi connectivity index (χ3v) is 7.66. The highest BCUT2D eigenvalue weighted by atomic mass is 31.2. The molecule has 0 bridgehead atoms. The number of hydrogen-bond donors (Lipinski definition) is 1. The van der Waals surface area contributed by atoms with Crippen molar-refractivity contribution < 1.29 is 4.89 Å². The monoisotopic (exact) mass is 257 g/mol. The van der Waals surface area contributed by atoms with Crippen LogP contribution >= 0.6 is 7.49 Å². The van der Waals surface area contributed by atoms with Gasteiger partial charge in [-0.15, -0.1) is 0 Å². The molecule has 1 unspecified atom stereocenters. The topological polar surface area (TPSA) is 20.2 Å². The summed E-state index contributed by atoms with van der Waals surface area (Å²) in [5, 5.41) is 1.16. The molecule has 2 aromatic carbocycles. The molecule has 1 saturated heterocycles. The summed E-state index contributed by atoms with van der Waals surface area (Å²) in [5.74, 6) is 0. The summed E-state index contributed by atoms with van der Waals surface area (Å²) in [4.78, 5) is 11.2. The molecule has 0 aliphatic carbocycles. The van der Waals surface area contributed by atoms with Crippen molar-refractivity contribution in [2.75, 3.05) is 6.16 Å². The highest BCUT2D eigenvalue weighted by Crippen LogP contribution is 2.71. The normalized spacial score (nSPS) is 27.3. The van der Waals surface area contributed by atoms with E-state index in [9.17, 15) is 4.89 Å². The van der Waals surface area contributed by atoms with Crippen molar-refractivity contribution in [3.8, 4) is 0 Å². The van der Waals surface area contributed by atoms with Gasteiger partial charge in [-0.1, -0.05) is 60.7 Å². The van der Waals surface area contributed by atoms with Crippen LogP contribution in [0.25, 0.3) is 0 Å². The molecule has 0 saturated carbocycles. The van der Waals surface area contributed by atoms with Crippen molar-refractivity contribution in [1.29, 1.82) is 0 Å². The third-order valence-electron chi connectivity index (χ3n) is 3.88. The van der Waals surface area contributed by atoms with Crippen LogP contribution in [0.1, 0.15) is 24.1 Å². The van der Waals surface area contributed by atoms with E-state index in [1.165, 1.54) is 5.56 Å². The Morgan fingerprint density at radius 2 is 1.50 bits per heavy atom. The van der Waals surface area contributed by atoms with Gasteiger partial charge in [0.2, 0.25) is 0 Å². The van der Waals surface area contributed by atoms with E-state index in [0.29, 0.717) is 5.66 Å². The SMILES string of the molecule is O[P]1(c2ccccc2)CCC[C@H]1c1ccccc1. The highest BCUT2D eigenvalue weighted by molar-refractivity contribution is 7.78. The van der Waals surface area contributed by atoms with E-state index >= 15 is 0 Å². The zero-order chi connectivity index (χ0) is 12.4. The molecule has 2 aromatic rings. The second-order valence-corrected chi connectivity index (χ2v) is 8.19. The van der Waals surface area contributed by atoms with Gasteiger partial charge in [0.15, 0.2) is 0 Å². The lowest BCUT2D eigenvalue weighted by molar-refractivity contribution is 0.604. The summed E-state index contributed by atoms with van der Waals surface area (Å²) in [6.45, 7) is 0. The van der Waals surface area contributed by atoms with Crippen LogP contribution in [0.2, 0.25) is 0 Å². The molecular weight excluding hydrogens is 239 g/mol. The average molecular weight is 257 g/mol. The van der Waals surface area contributed by atoms with Crippen molar-refractivity contribution in [3.05, 3.63) is 66.2 Å². The molecule has 1 heterocycles. The largest absolute Gasteiger partial charge is 0.375 e. The Labute approximate surface area is 109 Å². The lowest BCUT2D eigenvalue weighted by atomic mass is 10.1. The Morgan fingerprint density at radius 1 is 0.889 bits per heavy atom. The predicted octanol–water partition coefficient (Wildman–Crippen LogP) is 3.77. The van der Waals surface area contributed by atoms with Crippen molar-refractivity contribution in [1.82, 2.24) is 0 Å². The highest BCUT2D eigenvalue weighted by Gasteiger charge is 2.41. The third kappa shape index (κ3) is 1.98. The van der Waals surface area contributed by atoms with E-state index in [1.807, 2.05) is 24.3 Å². The lowest BCUT2D eigenvalue weighted by Crippen LogP contribution is -2.15. The minimum absolute atomic E-state index is 0.334. The lowest BCUT2D eigenvalue weighted by Gasteiger charge is -2.33. The maximum absolute atomic E-state index is 11.2. The first-order valence-electron chi connectivity index (χ1n) is 6.52. The first kappa shape index (κ1) is 11.9. The Balaban J connectivity index is 2.01. The van der Waals surface area contributed by atoms with Crippen LogP contribution in [0.3, 0.4) is 0 Å². The fraction of sp³-hybridized carbons (Fsp3) is 0.250. The average Bonchev–Trinajstić information content (AvgIpc) is 2.84. The van der Waals surface area contributed by atoms with E-state index in [-0.39, 0.29) is 0 Å². The van der Waals surface area contributed by atoms with Crippen LogP contribution in [-0.4, -0.2) is 11.1 Å². The maximum Gasteiger partial charge on any atom is 0.0267 e. The standard InChI is InChI=1S/C16H18OP/c17-18(15-10-5-2-6-11-15)13-7-12-16(18)14-8-3-1-4-9-14/h1-6,8-11,16-17H,7,12-13H2/t16-/m0/s1. The second-order valence-electron chi connectivity index (χ2n) is 4.95. The Morgan fingerprint density at radius 3 is 2.17 bits per heavy atom. The molecule has 0 spiro atoms. The van der Waals surface area contributed by atoms with E-state index in [2.05, 4.69) is 36.4 Å². The molecule has 1 aliphatic rings. The summed E-state index contributed by atoms with van der Waals surface area (Å²) in [5.41, 5.74) is 1.63. The smallest absolute Gasteiger partial charge is 0.0267 e. The van der Waals surface area contributed by atoms with Crippen LogP contribution < -0.4 is 5.30 Å². The summed E-state index contributed by atoms with van der Waals surface area (Å²) in [6, 6.07) is 20.8. The molecule has 0 aromatic heterocycles. The van der Waals surface area contributed by atoms with Crippen LogP contribution in [0.15, 0.2) is 60.7 Å². The molecule has 1 N–H and O–H groups in total. The molecule has 3 rings (SSSR count). The second kappa shape index (κ2) is 4.84. The molecule has 0 amide bonds. The van der Waals surface area contributed by atoms with Gasteiger partial charge >= 0.3 is 0 Å². The molecule has 93 valence electrons. The van der Waals surface area contributed by atoms with E-state index in [1.54, 1.807) is 0 Å². The molecule has 1 nitrogen and oxygen atoms in total. The minimum atomic E-state index is -2.00. The summed E-state index contributed by atoms with van der Waals surface area (Å²) >= 11 is 0. The molecule has 2 heteroatoms. The maximum atomic E-state index is 11.2. The summed E-state index contributed by atoms with van der Waals surface area (Å²) in [7, 11) is -2.00. The molecule has 1 fully saturated rings. The summed E-state index contributed by atoms with van der Waals surface area (Å²) in [6.07, 6.45) is 3.22. The first-order valence-corrected chi connectivity index (χ1v) is 8.51. The minimum Gasteiger partial charge on any atom is -0.375 e. The van der Waals surface area contributed by atoms with Gasteiger partial charge in [-0.25, -0.2) is 0 Å². The first-order chi connectivity index (χ1) is 8.81. The number of benzene rings is 2. The summed E-state index contributed by atoms with van der Waals surface area (Å²) < 4.78 is 0. The quantitative estimate of drug-likeness (QED) is 0.812. The fourth-order valence-electron chi connectivity index (χ4n) is 2.98. The van der Waals surface area contributed by atoms with Gasteiger partial charge in [-0.3, -0.25) is 0 Å². The Kier molecular flexibility index (Phi) is 3.20. The van der Waals surface area contributed by atoms with Gasteiger partial charge in [0.25, 0.3) is 0 Å². The van der Waals surface area contributed by atoms with Crippen LogP contribution in [0.5, 0.6) is 0 Å². The van der Waals surface area contributed by atoms with Gasteiger partial charge in [-0.05, 0) is 29.9 Å². The number of rotatable bonds is 2. The van der Waals surface area contributed by atoms with Crippen LogP contribution in [0.4, 0.5) is 0 Å². The fourth-order valence-corrected chi connectivity index (χ4v) is 6.54. The molecular formula is C16H18OP. The number of hydrogen-bond acceptors (Lipinski definition) is 1. The van der Waals surface area contributed by atoms with Crippen LogP contribution in [-0.2, 0) is 0 Å². The zero-order valence-electron chi connectivity index (χ0n) is 10.4. The van der Waals surface area contributed by atoms with Gasteiger partial charge in [0.05, 0.1) is 0 Å². The van der Waals surface area contributed by atoms with Crippen molar-refractivity contribution in [3.63, 3.8) is 0 Å². The van der Waals surface area contributed by atoms with E-state index in [0.717, 1.165) is 24.3 Å². The Hall–Kier alpha value is -1.17. The Bertz CT molecular complexity index is 511. The van der Waals surface area contributed by atoms with E-state index < -0.39 is 7.49 Å². The van der Waals surface area contributed by atoms with Gasteiger partial charge < -0.3 is 4.89 Å².